The van der Waals surface area contributed by atoms with Crippen LogP contribution in [0.3, 0.4) is 0 Å². The molecule has 2 heterocycles. The molecule has 0 saturated heterocycles. The van der Waals surface area contributed by atoms with Crippen LogP contribution in [0.5, 0.6) is 11.5 Å². The van der Waals surface area contributed by atoms with Crippen molar-refractivity contribution < 1.29 is 9.47 Å². The summed E-state index contributed by atoms with van der Waals surface area (Å²) in [5.74, 6) is 1.48. The molecule has 0 atom stereocenters. The van der Waals surface area contributed by atoms with Crippen LogP contribution in [0.1, 0.15) is 0 Å². The fourth-order valence-corrected chi connectivity index (χ4v) is 1.41. The molecule has 0 radical (unpaired) electrons. The number of ether oxygens (including phenoxy) is 2. The Balaban J connectivity index is 2.43. The fourth-order valence-electron chi connectivity index (χ4n) is 1.41. The average Bonchev–Trinajstić information content (AvgIpc) is 2.65. The topological polar surface area (TPSA) is 44.2 Å². The quantitative estimate of drug-likeness (QED) is 0.604. The Kier molecular flexibility index (Phi) is 1.19. The second-order valence-corrected chi connectivity index (χ2v) is 2.76. The second kappa shape index (κ2) is 2.32. The van der Waals surface area contributed by atoms with Crippen molar-refractivity contribution in [2.24, 2.45) is 0 Å². The van der Waals surface area contributed by atoms with E-state index in [1.165, 1.54) is 6.33 Å². The number of aromatic nitrogens is 2. The third kappa shape index (κ3) is 0.853. The molecule has 1 aliphatic heterocycles. The molecular formula is C9H6N2O2. The molecule has 13 heavy (non-hydrogen) atoms. The molecular weight excluding hydrogens is 168 g/mol. The molecule has 4 nitrogen and oxygen atoms in total. The van der Waals surface area contributed by atoms with Gasteiger partial charge in [0.05, 0.1) is 0 Å². The normalized spacial score (nSPS) is 13.5. The minimum atomic E-state index is 0.276. The summed E-state index contributed by atoms with van der Waals surface area (Å²) in [5.41, 5.74) is 0.810. The van der Waals surface area contributed by atoms with Crippen molar-refractivity contribution in [3.05, 3.63) is 24.7 Å². The van der Waals surface area contributed by atoms with E-state index in [0.29, 0.717) is 0 Å². The van der Waals surface area contributed by atoms with E-state index in [-0.39, 0.29) is 6.79 Å². The van der Waals surface area contributed by atoms with E-state index < -0.39 is 0 Å². The van der Waals surface area contributed by atoms with Crippen LogP contribution >= 0.6 is 0 Å². The molecule has 0 spiro atoms. The van der Waals surface area contributed by atoms with Crippen molar-refractivity contribution >= 4 is 10.9 Å². The zero-order valence-electron chi connectivity index (χ0n) is 6.73. The predicted octanol–water partition coefficient (Wildman–Crippen LogP) is 1.36. The first-order valence-electron chi connectivity index (χ1n) is 3.93. The van der Waals surface area contributed by atoms with E-state index in [2.05, 4.69) is 9.97 Å². The largest absolute Gasteiger partial charge is 0.454 e. The number of hydrogen-bond acceptors (Lipinski definition) is 4. The van der Waals surface area contributed by atoms with E-state index in [1.54, 1.807) is 6.20 Å². The van der Waals surface area contributed by atoms with Crippen molar-refractivity contribution in [2.75, 3.05) is 6.79 Å². The van der Waals surface area contributed by atoms with Gasteiger partial charge in [-0.25, -0.2) is 9.97 Å². The summed E-state index contributed by atoms with van der Waals surface area (Å²) >= 11 is 0. The van der Waals surface area contributed by atoms with Gasteiger partial charge in [0.1, 0.15) is 11.8 Å². The van der Waals surface area contributed by atoms with Gasteiger partial charge in [0.15, 0.2) is 11.5 Å². The molecule has 0 saturated carbocycles. The summed E-state index contributed by atoms with van der Waals surface area (Å²) in [4.78, 5) is 8.07. The molecule has 3 rings (SSSR count). The van der Waals surface area contributed by atoms with Crippen LogP contribution in [-0.2, 0) is 0 Å². The highest BCUT2D eigenvalue weighted by Crippen LogP contribution is 2.37. The minimum absolute atomic E-state index is 0.276. The molecule has 0 unspecified atom stereocenters. The van der Waals surface area contributed by atoms with Gasteiger partial charge < -0.3 is 9.47 Å². The summed E-state index contributed by atoms with van der Waals surface area (Å²) in [6.45, 7) is 0.276. The van der Waals surface area contributed by atoms with E-state index in [1.807, 2.05) is 12.1 Å². The first-order valence-corrected chi connectivity index (χ1v) is 3.93. The Morgan fingerprint density at radius 1 is 1.23 bits per heavy atom. The maximum absolute atomic E-state index is 5.30. The highest BCUT2D eigenvalue weighted by molar-refractivity contribution is 5.86. The number of hydrogen-bond donors (Lipinski definition) is 0. The van der Waals surface area contributed by atoms with Gasteiger partial charge in [-0.1, -0.05) is 0 Å². The van der Waals surface area contributed by atoms with Crippen molar-refractivity contribution in [1.29, 1.82) is 0 Å². The van der Waals surface area contributed by atoms with Crippen LogP contribution in [0.4, 0.5) is 0 Å². The van der Waals surface area contributed by atoms with Crippen LogP contribution < -0.4 is 9.47 Å². The lowest BCUT2D eigenvalue weighted by atomic mass is 10.2. The molecule has 0 bridgehead atoms. The Labute approximate surface area is 74.1 Å². The van der Waals surface area contributed by atoms with Gasteiger partial charge in [-0.3, -0.25) is 0 Å². The maximum Gasteiger partial charge on any atom is 0.231 e. The van der Waals surface area contributed by atoms with E-state index in [0.717, 1.165) is 22.4 Å². The number of rotatable bonds is 0. The zero-order valence-corrected chi connectivity index (χ0v) is 6.73. The summed E-state index contributed by atoms with van der Waals surface area (Å²) in [7, 11) is 0. The van der Waals surface area contributed by atoms with Crippen LogP contribution in [-0.4, -0.2) is 16.8 Å². The van der Waals surface area contributed by atoms with E-state index in [9.17, 15) is 0 Å². The Hall–Kier alpha value is -1.84. The van der Waals surface area contributed by atoms with Gasteiger partial charge in [-0.05, 0) is 12.1 Å². The van der Waals surface area contributed by atoms with Gasteiger partial charge in [-0.15, -0.1) is 0 Å². The Morgan fingerprint density at radius 2 is 2.23 bits per heavy atom. The van der Waals surface area contributed by atoms with Crippen LogP contribution in [0.2, 0.25) is 0 Å². The lowest BCUT2D eigenvalue weighted by Gasteiger charge is -1.99. The van der Waals surface area contributed by atoms with Gasteiger partial charge in [0.25, 0.3) is 0 Å². The first kappa shape index (κ1) is 6.65. The molecule has 2 aromatic rings. The lowest BCUT2D eigenvalue weighted by molar-refractivity contribution is 0.174. The van der Waals surface area contributed by atoms with Gasteiger partial charge in [0.2, 0.25) is 6.79 Å². The molecule has 4 heteroatoms. The van der Waals surface area contributed by atoms with Gasteiger partial charge >= 0.3 is 0 Å². The van der Waals surface area contributed by atoms with E-state index in [4.69, 9.17) is 9.47 Å². The smallest absolute Gasteiger partial charge is 0.231 e. The molecule has 1 aliphatic rings. The molecule has 1 aromatic carbocycles. The van der Waals surface area contributed by atoms with Crippen molar-refractivity contribution in [1.82, 2.24) is 9.97 Å². The number of nitrogens with zero attached hydrogens (tertiary/aromatic N) is 2. The standard InChI is InChI=1S/C9H6N2O2/c1-2-7-9(13-5-12-7)8-6(1)3-10-4-11-8/h1-4H,5H2. The molecule has 64 valence electrons. The third-order valence-corrected chi connectivity index (χ3v) is 2.01. The van der Waals surface area contributed by atoms with Crippen molar-refractivity contribution in [2.45, 2.75) is 0 Å². The SMILES string of the molecule is c1ncc2ccc3c(c2n1)OCO3. The van der Waals surface area contributed by atoms with E-state index >= 15 is 0 Å². The first-order chi connectivity index (χ1) is 6.45. The van der Waals surface area contributed by atoms with Crippen LogP contribution in [0, 0.1) is 0 Å². The molecule has 1 aromatic heterocycles. The summed E-state index contributed by atoms with van der Waals surface area (Å²) in [6.07, 6.45) is 3.26. The fraction of sp³-hybridized carbons (Fsp3) is 0.111. The molecule has 0 amide bonds. The highest BCUT2D eigenvalue weighted by Gasteiger charge is 2.16. The summed E-state index contributed by atoms with van der Waals surface area (Å²) in [5, 5.41) is 0.965. The Bertz CT molecular complexity index is 470. The van der Waals surface area contributed by atoms with Crippen molar-refractivity contribution in [3.63, 3.8) is 0 Å². The highest BCUT2D eigenvalue weighted by atomic mass is 16.7. The average molecular weight is 174 g/mol. The zero-order chi connectivity index (χ0) is 8.67. The lowest BCUT2D eigenvalue weighted by Crippen LogP contribution is -1.93. The second-order valence-electron chi connectivity index (χ2n) is 2.76. The molecule has 0 fully saturated rings. The predicted molar refractivity (Wildman–Crippen MR) is 45.7 cm³/mol. The summed E-state index contributed by atoms with van der Waals surface area (Å²) < 4.78 is 10.5. The third-order valence-electron chi connectivity index (χ3n) is 2.01. The molecule has 0 aliphatic carbocycles. The maximum atomic E-state index is 5.30. The summed E-state index contributed by atoms with van der Waals surface area (Å²) in [6, 6.07) is 3.79. The molecule has 0 N–H and O–H groups in total. The van der Waals surface area contributed by atoms with Gasteiger partial charge in [0, 0.05) is 11.6 Å². The number of fused-ring (bicyclic) bond motifs is 3. The monoisotopic (exact) mass is 174 g/mol. The van der Waals surface area contributed by atoms with Crippen molar-refractivity contribution in [3.8, 4) is 11.5 Å². The number of benzene rings is 1. The Morgan fingerprint density at radius 3 is 3.23 bits per heavy atom. The van der Waals surface area contributed by atoms with Crippen LogP contribution in [0.15, 0.2) is 24.7 Å². The minimum Gasteiger partial charge on any atom is -0.454 e. The van der Waals surface area contributed by atoms with Gasteiger partial charge in [-0.2, -0.15) is 0 Å². The van der Waals surface area contributed by atoms with Crippen LogP contribution in [0.25, 0.3) is 10.9 Å².